The summed E-state index contributed by atoms with van der Waals surface area (Å²) in [5.74, 6) is 1.64. The van der Waals surface area contributed by atoms with Gasteiger partial charge < -0.3 is 20.3 Å². The maximum atomic E-state index is 5.41. The Kier molecular flexibility index (Phi) is 6.43. The van der Waals surface area contributed by atoms with E-state index < -0.39 is 0 Å². The average molecular weight is 357 g/mol. The lowest BCUT2D eigenvalue weighted by Crippen LogP contribution is -2.37. The summed E-state index contributed by atoms with van der Waals surface area (Å²) in [6, 6.07) is 8.60. The van der Waals surface area contributed by atoms with Crippen molar-refractivity contribution < 1.29 is 4.74 Å². The highest BCUT2D eigenvalue weighted by atomic mass is 16.5. The fourth-order valence-corrected chi connectivity index (χ4v) is 2.79. The van der Waals surface area contributed by atoms with Gasteiger partial charge in [0.25, 0.3) is 0 Å². The Balaban J connectivity index is 1.57. The number of benzene rings is 1. The molecule has 0 spiro atoms. The Labute approximate surface area is 154 Å². The molecule has 2 heterocycles. The van der Waals surface area contributed by atoms with Crippen molar-refractivity contribution in [2.75, 3.05) is 37.7 Å². The summed E-state index contributed by atoms with van der Waals surface area (Å²) in [5.41, 5.74) is 2.42. The summed E-state index contributed by atoms with van der Waals surface area (Å²) >= 11 is 0. The molecule has 0 radical (unpaired) electrons. The van der Waals surface area contributed by atoms with Gasteiger partial charge in [-0.3, -0.25) is 4.68 Å². The third-order valence-corrected chi connectivity index (χ3v) is 4.30. The normalized spacial score (nSPS) is 15.2. The van der Waals surface area contributed by atoms with Crippen molar-refractivity contribution in [3.8, 4) is 0 Å². The van der Waals surface area contributed by atoms with Gasteiger partial charge in [0.2, 0.25) is 0 Å². The first kappa shape index (κ1) is 18.2. The Morgan fingerprint density at radius 1 is 1.19 bits per heavy atom. The van der Waals surface area contributed by atoms with Crippen LogP contribution >= 0.6 is 0 Å². The van der Waals surface area contributed by atoms with Gasteiger partial charge in [-0.1, -0.05) is 12.1 Å². The zero-order valence-electron chi connectivity index (χ0n) is 15.5. The molecule has 0 aliphatic carbocycles. The van der Waals surface area contributed by atoms with Crippen molar-refractivity contribution in [1.29, 1.82) is 0 Å². The van der Waals surface area contributed by atoms with Crippen LogP contribution in [-0.4, -0.2) is 53.6 Å². The number of morpholine rings is 1. The summed E-state index contributed by atoms with van der Waals surface area (Å²) in [5, 5.41) is 10.6. The number of hydrogen-bond acceptors (Lipinski definition) is 5. The van der Waals surface area contributed by atoms with Crippen LogP contribution in [0, 0.1) is 0 Å². The van der Waals surface area contributed by atoms with E-state index in [0.717, 1.165) is 44.6 Å². The molecule has 1 aliphatic heterocycles. The minimum atomic E-state index is 0.582. The molecule has 140 valence electrons. The standard InChI is InChI=1S/C18H27N7O/c1-3-19-18(21-13-17-22-14-23-24(17)2)20-12-15-4-6-16(7-5-15)25-8-10-26-11-9-25/h4-7,14H,3,8-13H2,1-2H3,(H2,19,20,21). The molecule has 0 unspecified atom stereocenters. The number of aryl methyl sites for hydroxylation is 1. The van der Waals surface area contributed by atoms with Gasteiger partial charge in [0.15, 0.2) is 5.96 Å². The zero-order valence-corrected chi connectivity index (χ0v) is 15.5. The van der Waals surface area contributed by atoms with E-state index in [-0.39, 0.29) is 0 Å². The second kappa shape index (κ2) is 9.19. The van der Waals surface area contributed by atoms with Crippen LogP contribution in [0.3, 0.4) is 0 Å². The van der Waals surface area contributed by atoms with Gasteiger partial charge in [-0.25, -0.2) is 9.98 Å². The van der Waals surface area contributed by atoms with E-state index in [1.54, 1.807) is 11.0 Å². The number of aliphatic imine (C=N–C) groups is 1. The predicted molar refractivity (Wildman–Crippen MR) is 102 cm³/mol. The molecule has 26 heavy (non-hydrogen) atoms. The summed E-state index contributed by atoms with van der Waals surface area (Å²) in [6.45, 7) is 7.57. The number of nitrogens with one attached hydrogen (secondary N) is 2. The van der Waals surface area contributed by atoms with Gasteiger partial charge in [0, 0.05) is 32.4 Å². The molecule has 1 aromatic carbocycles. The molecule has 2 N–H and O–H groups in total. The van der Waals surface area contributed by atoms with Gasteiger partial charge in [0.05, 0.1) is 26.3 Å². The van der Waals surface area contributed by atoms with E-state index >= 15 is 0 Å². The third-order valence-electron chi connectivity index (χ3n) is 4.30. The molecule has 0 saturated carbocycles. The quantitative estimate of drug-likeness (QED) is 0.591. The van der Waals surface area contributed by atoms with Gasteiger partial charge in [-0.2, -0.15) is 5.10 Å². The molecule has 0 atom stereocenters. The zero-order chi connectivity index (χ0) is 18.2. The van der Waals surface area contributed by atoms with E-state index in [4.69, 9.17) is 4.74 Å². The van der Waals surface area contributed by atoms with Crippen molar-refractivity contribution in [2.24, 2.45) is 12.0 Å². The van der Waals surface area contributed by atoms with Gasteiger partial charge >= 0.3 is 0 Å². The summed E-state index contributed by atoms with van der Waals surface area (Å²) < 4.78 is 7.16. The van der Waals surface area contributed by atoms with Gasteiger partial charge in [-0.15, -0.1) is 0 Å². The van der Waals surface area contributed by atoms with E-state index in [0.29, 0.717) is 13.1 Å². The lowest BCUT2D eigenvalue weighted by Gasteiger charge is -2.28. The van der Waals surface area contributed by atoms with E-state index in [1.165, 1.54) is 11.3 Å². The molecule has 1 fully saturated rings. The average Bonchev–Trinajstić information content (AvgIpc) is 3.10. The fourth-order valence-electron chi connectivity index (χ4n) is 2.79. The maximum absolute atomic E-state index is 5.41. The van der Waals surface area contributed by atoms with Crippen molar-refractivity contribution in [1.82, 2.24) is 25.4 Å². The van der Waals surface area contributed by atoms with E-state index in [2.05, 4.69) is 61.8 Å². The van der Waals surface area contributed by atoms with Crippen LogP contribution in [0.5, 0.6) is 0 Å². The Morgan fingerprint density at radius 2 is 1.96 bits per heavy atom. The second-order valence-corrected chi connectivity index (χ2v) is 6.11. The SMILES string of the molecule is CCNC(=NCc1ccc(N2CCOCC2)cc1)NCc1ncnn1C. The summed E-state index contributed by atoms with van der Waals surface area (Å²) in [4.78, 5) is 11.2. The molecule has 0 bridgehead atoms. The fraction of sp³-hybridized carbons (Fsp3) is 0.500. The molecule has 3 rings (SSSR count). The highest BCUT2D eigenvalue weighted by Gasteiger charge is 2.10. The topological polar surface area (TPSA) is 79.6 Å². The molecular weight excluding hydrogens is 330 g/mol. The number of hydrogen-bond donors (Lipinski definition) is 2. The number of guanidine groups is 1. The second-order valence-electron chi connectivity index (χ2n) is 6.11. The lowest BCUT2D eigenvalue weighted by molar-refractivity contribution is 0.122. The lowest BCUT2D eigenvalue weighted by atomic mass is 10.2. The van der Waals surface area contributed by atoms with Crippen molar-refractivity contribution in [3.63, 3.8) is 0 Å². The van der Waals surface area contributed by atoms with Crippen molar-refractivity contribution >= 4 is 11.6 Å². The first-order valence-electron chi connectivity index (χ1n) is 9.03. The first-order valence-corrected chi connectivity index (χ1v) is 9.03. The molecule has 8 nitrogen and oxygen atoms in total. The number of ether oxygens (including phenoxy) is 1. The smallest absolute Gasteiger partial charge is 0.191 e. The van der Waals surface area contributed by atoms with Gasteiger partial charge in [0.1, 0.15) is 12.2 Å². The Morgan fingerprint density at radius 3 is 2.62 bits per heavy atom. The largest absolute Gasteiger partial charge is 0.378 e. The van der Waals surface area contributed by atoms with Crippen LogP contribution in [-0.2, 0) is 24.9 Å². The Hall–Kier alpha value is -2.61. The molecule has 1 saturated heterocycles. The van der Waals surface area contributed by atoms with Crippen LogP contribution in [0.2, 0.25) is 0 Å². The van der Waals surface area contributed by atoms with E-state index in [9.17, 15) is 0 Å². The molecule has 8 heteroatoms. The summed E-state index contributed by atoms with van der Waals surface area (Å²) in [7, 11) is 1.88. The first-order chi connectivity index (χ1) is 12.8. The number of aromatic nitrogens is 3. The number of nitrogens with zero attached hydrogens (tertiary/aromatic N) is 5. The highest BCUT2D eigenvalue weighted by Crippen LogP contribution is 2.17. The Bertz CT molecular complexity index is 705. The van der Waals surface area contributed by atoms with Gasteiger partial charge in [-0.05, 0) is 24.6 Å². The predicted octanol–water partition coefficient (Wildman–Crippen LogP) is 0.907. The molecular formula is C18H27N7O. The van der Waals surface area contributed by atoms with Crippen LogP contribution in [0.4, 0.5) is 5.69 Å². The number of rotatable bonds is 6. The monoisotopic (exact) mass is 357 g/mol. The van der Waals surface area contributed by atoms with Crippen molar-refractivity contribution in [2.45, 2.75) is 20.0 Å². The van der Waals surface area contributed by atoms with Crippen molar-refractivity contribution in [3.05, 3.63) is 42.0 Å². The molecule has 1 aromatic heterocycles. The van der Waals surface area contributed by atoms with Crippen LogP contribution in [0.15, 0.2) is 35.6 Å². The number of anilines is 1. The molecule has 2 aromatic rings. The summed E-state index contributed by atoms with van der Waals surface area (Å²) in [6.07, 6.45) is 1.55. The molecule has 0 amide bonds. The maximum Gasteiger partial charge on any atom is 0.191 e. The minimum Gasteiger partial charge on any atom is -0.378 e. The highest BCUT2D eigenvalue weighted by molar-refractivity contribution is 5.79. The molecule has 1 aliphatic rings. The van der Waals surface area contributed by atoms with Crippen LogP contribution in [0.25, 0.3) is 0 Å². The van der Waals surface area contributed by atoms with Crippen LogP contribution in [0.1, 0.15) is 18.3 Å². The van der Waals surface area contributed by atoms with Crippen LogP contribution < -0.4 is 15.5 Å². The minimum absolute atomic E-state index is 0.582. The van der Waals surface area contributed by atoms with E-state index in [1.807, 2.05) is 7.05 Å². The third kappa shape index (κ3) is 4.95.